The molecule has 0 saturated carbocycles. The van der Waals surface area contributed by atoms with Gasteiger partial charge in [0.1, 0.15) is 17.3 Å². The normalized spacial score (nSPS) is 15.3. The summed E-state index contributed by atoms with van der Waals surface area (Å²) >= 11 is 4.86. The second-order valence-electron chi connectivity index (χ2n) is 9.72. The molecular formula is C31H29BrN2O5S. The molecule has 0 aliphatic carbocycles. The Kier molecular flexibility index (Phi) is 7.96. The van der Waals surface area contributed by atoms with Crippen molar-refractivity contribution in [3.8, 4) is 17.1 Å². The number of halogens is 1. The maximum Gasteiger partial charge on any atom is 0.338 e. The summed E-state index contributed by atoms with van der Waals surface area (Å²) in [6.07, 6.45) is 1.40. The van der Waals surface area contributed by atoms with Gasteiger partial charge in [0.05, 0.1) is 34.6 Å². The monoisotopic (exact) mass is 620 g/mol. The van der Waals surface area contributed by atoms with E-state index in [1.54, 1.807) is 31.4 Å². The van der Waals surface area contributed by atoms with Crippen molar-refractivity contribution in [3.05, 3.63) is 107 Å². The predicted octanol–water partition coefficient (Wildman–Crippen LogP) is 5.92. The molecule has 0 unspecified atom stereocenters. The van der Waals surface area contributed by atoms with Crippen molar-refractivity contribution in [1.29, 1.82) is 0 Å². The van der Waals surface area contributed by atoms with Crippen LogP contribution in [0.1, 0.15) is 50.6 Å². The van der Waals surface area contributed by atoms with E-state index >= 15 is 0 Å². The minimum Gasteiger partial charge on any atom is -0.494 e. The van der Waals surface area contributed by atoms with Gasteiger partial charge in [0.2, 0.25) is 0 Å². The number of carbonyl (C=O) groups excluding carboxylic acids is 1. The predicted molar refractivity (Wildman–Crippen MR) is 159 cm³/mol. The van der Waals surface area contributed by atoms with Gasteiger partial charge in [-0.25, -0.2) is 9.79 Å². The lowest BCUT2D eigenvalue weighted by Crippen LogP contribution is -2.40. The van der Waals surface area contributed by atoms with E-state index in [1.807, 2.05) is 68.4 Å². The first-order chi connectivity index (χ1) is 19.2. The van der Waals surface area contributed by atoms with Gasteiger partial charge in [-0.05, 0) is 82.1 Å². The summed E-state index contributed by atoms with van der Waals surface area (Å²) in [7, 11) is 0. The summed E-state index contributed by atoms with van der Waals surface area (Å²) in [5.41, 5.74) is 3.40. The second-order valence-corrected chi connectivity index (χ2v) is 11.6. The number of hydrogen-bond acceptors (Lipinski definition) is 7. The van der Waals surface area contributed by atoms with E-state index in [0.29, 0.717) is 44.5 Å². The number of nitrogens with zero attached hydrogens (tertiary/aromatic N) is 2. The zero-order chi connectivity index (χ0) is 28.6. The Bertz CT molecular complexity index is 1790. The molecule has 3 heterocycles. The summed E-state index contributed by atoms with van der Waals surface area (Å²) in [6.45, 7) is 9.84. The fourth-order valence-electron chi connectivity index (χ4n) is 4.61. The molecule has 0 spiro atoms. The number of benzene rings is 2. The number of allylic oxidation sites excluding steroid dienone is 1. The number of fused-ring (bicyclic) bond motifs is 1. The molecule has 2 aromatic carbocycles. The summed E-state index contributed by atoms with van der Waals surface area (Å²) in [6, 6.07) is 16.5. The lowest BCUT2D eigenvalue weighted by atomic mass is 9.96. The molecule has 1 atom stereocenters. The highest BCUT2D eigenvalue weighted by atomic mass is 79.9. The molecule has 9 heteroatoms. The van der Waals surface area contributed by atoms with Gasteiger partial charge in [-0.2, -0.15) is 0 Å². The largest absolute Gasteiger partial charge is 0.494 e. The number of esters is 1. The average Bonchev–Trinajstić information content (AvgIpc) is 3.47. The molecule has 0 amide bonds. The number of thiazole rings is 1. The number of furan rings is 1. The zero-order valence-corrected chi connectivity index (χ0v) is 25.3. The van der Waals surface area contributed by atoms with Crippen molar-refractivity contribution >= 4 is 39.3 Å². The first-order valence-electron chi connectivity index (χ1n) is 13.0. The van der Waals surface area contributed by atoms with Gasteiger partial charge in [0.25, 0.3) is 5.56 Å². The smallest absolute Gasteiger partial charge is 0.338 e. The van der Waals surface area contributed by atoms with Crippen LogP contribution in [0.4, 0.5) is 0 Å². The number of ether oxygens (including phenoxy) is 2. The summed E-state index contributed by atoms with van der Waals surface area (Å²) in [5.74, 6) is 1.44. The van der Waals surface area contributed by atoms with Gasteiger partial charge in [-0.1, -0.05) is 45.5 Å². The Morgan fingerprint density at radius 1 is 1.15 bits per heavy atom. The maximum absolute atomic E-state index is 13.9. The molecule has 0 radical (unpaired) electrons. The Morgan fingerprint density at radius 3 is 2.58 bits per heavy atom. The molecule has 0 saturated heterocycles. The van der Waals surface area contributed by atoms with Crippen LogP contribution in [-0.4, -0.2) is 23.2 Å². The summed E-state index contributed by atoms with van der Waals surface area (Å²) < 4.78 is 20.2. The number of carbonyl (C=O) groups is 1. The standard InChI is InChI=1S/C31H29BrN2O5S/c1-6-37-21-10-8-20(9-11-21)28-27(30(36)38-17(2)3)19(5)33-31-34(28)29(35)26(40-31)16-22-12-14-25(39-22)23-13-7-18(4)15-24(23)32/h7-17,28H,6H2,1-5H3/b26-16+/t28-/m1/s1. The Balaban J connectivity index is 1.62. The quantitative estimate of drug-likeness (QED) is 0.240. The average molecular weight is 622 g/mol. The Labute approximate surface area is 244 Å². The number of rotatable bonds is 7. The van der Waals surface area contributed by atoms with Gasteiger partial charge >= 0.3 is 5.97 Å². The zero-order valence-electron chi connectivity index (χ0n) is 22.9. The summed E-state index contributed by atoms with van der Waals surface area (Å²) in [4.78, 5) is 32.3. The van der Waals surface area contributed by atoms with Crippen molar-refractivity contribution in [2.24, 2.45) is 4.99 Å². The van der Waals surface area contributed by atoms with Gasteiger partial charge in [-0.3, -0.25) is 9.36 Å². The van der Waals surface area contributed by atoms with Gasteiger partial charge < -0.3 is 13.9 Å². The molecule has 1 aliphatic rings. The molecule has 2 aromatic heterocycles. The lowest BCUT2D eigenvalue weighted by molar-refractivity contribution is -0.143. The van der Waals surface area contributed by atoms with Crippen LogP contribution >= 0.6 is 27.3 Å². The van der Waals surface area contributed by atoms with Gasteiger partial charge in [0.15, 0.2) is 4.80 Å². The molecule has 0 bridgehead atoms. The van der Waals surface area contributed by atoms with E-state index in [2.05, 4.69) is 20.9 Å². The number of aryl methyl sites for hydroxylation is 1. The second kappa shape index (κ2) is 11.4. The van der Waals surface area contributed by atoms with E-state index in [-0.39, 0.29) is 11.7 Å². The fourth-order valence-corrected chi connectivity index (χ4v) is 6.33. The van der Waals surface area contributed by atoms with E-state index < -0.39 is 12.0 Å². The minimum absolute atomic E-state index is 0.264. The van der Waals surface area contributed by atoms with E-state index in [0.717, 1.165) is 21.2 Å². The Hall–Kier alpha value is -3.69. The van der Waals surface area contributed by atoms with E-state index in [1.165, 1.54) is 11.3 Å². The molecule has 40 heavy (non-hydrogen) atoms. The third kappa shape index (κ3) is 5.48. The van der Waals surface area contributed by atoms with Gasteiger partial charge in [-0.15, -0.1) is 0 Å². The van der Waals surface area contributed by atoms with Crippen LogP contribution < -0.4 is 19.6 Å². The topological polar surface area (TPSA) is 83.0 Å². The number of hydrogen-bond donors (Lipinski definition) is 0. The van der Waals surface area contributed by atoms with Crippen LogP contribution in [0.15, 0.2) is 84.5 Å². The molecule has 4 aromatic rings. The first kappa shape index (κ1) is 27.9. The van der Waals surface area contributed by atoms with Crippen molar-refractivity contribution in [1.82, 2.24) is 4.57 Å². The van der Waals surface area contributed by atoms with E-state index in [4.69, 9.17) is 13.9 Å². The highest BCUT2D eigenvalue weighted by Gasteiger charge is 2.33. The highest BCUT2D eigenvalue weighted by Crippen LogP contribution is 2.33. The van der Waals surface area contributed by atoms with E-state index in [9.17, 15) is 9.59 Å². The van der Waals surface area contributed by atoms with Crippen LogP contribution in [0.2, 0.25) is 0 Å². The van der Waals surface area contributed by atoms with Crippen molar-refractivity contribution < 1.29 is 18.7 Å². The van der Waals surface area contributed by atoms with Crippen molar-refractivity contribution in [3.63, 3.8) is 0 Å². The van der Waals surface area contributed by atoms with Crippen molar-refractivity contribution in [2.45, 2.75) is 46.8 Å². The SMILES string of the molecule is CCOc1ccc([C@@H]2C(C(=O)OC(C)C)=C(C)N=c3s/c(=C/c4ccc(-c5ccc(C)cc5Br)o4)c(=O)n32)cc1. The first-order valence-corrected chi connectivity index (χ1v) is 14.6. The minimum atomic E-state index is -0.698. The molecule has 7 nitrogen and oxygen atoms in total. The van der Waals surface area contributed by atoms with Crippen LogP contribution in [-0.2, 0) is 9.53 Å². The third-order valence-corrected chi connectivity index (χ3v) is 8.02. The maximum atomic E-state index is 13.9. The highest BCUT2D eigenvalue weighted by molar-refractivity contribution is 9.10. The molecule has 206 valence electrons. The molecule has 0 N–H and O–H groups in total. The van der Waals surface area contributed by atoms with Crippen molar-refractivity contribution in [2.75, 3.05) is 6.61 Å². The van der Waals surface area contributed by atoms with Crippen LogP contribution in [0.25, 0.3) is 17.4 Å². The van der Waals surface area contributed by atoms with Gasteiger partial charge in [0, 0.05) is 16.1 Å². The van der Waals surface area contributed by atoms with Crippen LogP contribution in [0.5, 0.6) is 5.75 Å². The lowest BCUT2D eigenvalue weighted by Gasteiger charge is -2.25. The van der Waals surface area contributed by atoms with Crippen LogP contribution in [0.3, 0.4) is 0 Å². The molecule has 1 aliphatic heterocycles. The molecular weight excluding hydrogens is 592 g/mol. The summed E-state index contributed by atoms with van der Waals surface area (Å²) in [5, 5.41) is 0. The number of aromatic nitrogens is 1. The van der Waals surface area contributed by atoms with Crippen LogP contribution in [0, 0.1) is 6.92 Å². The third-order valence-electron chi connectivity index (χ3n) is 6.38. The molecule has 0 fully saturated rings. The fraction of sp³-hybridized carbons (Fsp3) is 0.258. The Morgan fingerprint density at radius 2 is 1.90 bits per heavy atom. The molecule has 5 rings (SSSR count).